The van der Waals surface area contributed by atoms with E-state index in [4.69, 9.17) is 9.47 Å². The second-order valence-corrected chi connectivity index (χ2v) is 8.77. The molecule has 1 heterocycles. The maximum Gasteiger partial charge on any atom is 0.316 e. The Morgan fingerprint density at radius 2 is 1.52 bits per heavy atom. The van der Waals surface area contributed by atoms with Gasteiger partial charge in [-0.3, -0.25) is 9.59 Å². The number of carbonyl (C=O) groups excluding carboxylic acids is 2. The fraction of sp³-hybridized carbons (Fsp3) is 0.286. The van der Waals surface area contributed by atoms with Crippen LogP contribution >= 0.6 is 0 Å². The summed E-state index contributed by atoms with van der Waals surface area (Å²) in [5, 5.41) is 0. The molecule has 0 N–H and O–H groups in total. The van der Waals surface area contributed by atoms with E-state index >= 15 is 0 Å². The Kier molecular flexibility index (Phi) is 6.50. The van der Waals surface area contributed by atoms with Crippen LogP contribution in [0.15, 0.2) is 78.9 Å². The lowest BCUT2D eigenvalue weighted by atomic mass is 9.78. The van der Waals surface area contributed by atoms with Crippen LogP contribution in [-0.2, 0) is 15.0 Å². The number of hydrogen-bond acceptors (Lipinski definition) is 4. The Labute approximate surface area is 194 Å². The lowest BCUT2D eigenvalue weighted by Gasteiger charge is -2.26. The molecule has 0 radical (unpaired) electrons. The molecular weight excluding hydrogens is 414 g/mol. The molecule has 0 unspecified atom stereocenters. The molecule has 170 valence electrons. The van der Waals surface area contributed by atoms with Gasteiger partial charge in [-0.25, -0.2) is 0 Å². The van der Waals surface area contributed by atoms with Crippen molar-refractivity contribution in [2.24, 2.45) is 5.92 Å². The number of carbonyl (C=O) groups is 2. The first-order valence-electron chi connectivity index (χ1n) is 11.3. The van der Waals surface area contributed by atoms with E-state index in [1.54, 1.807) is 4.90 Å². The van der Waals surface area contributed by atoms with Crippen molar-refractivity contribution in [3.05, 3.63) is 90.0 Å². The summed E-state index contributed by atoms with van der Waals surface area (Å²) in [6.45, 7) is 7.16. The molecule has 0 aromatic heterocycles. The Morgan fingerprint density at radius 1 is 0.909 bits per heavy atom. The van der Waals surface area contributed by atoms with E-state index in [0.717, 1.165) is 17.0 Å². The topological polar surface area (TPSA) is 55.8 Å². The van der Waals surface area contributed by atoms with Crippen LogP contribution in [0.3, 0.4) is 0 Å². The Balaban J connectivity index is 1.40. The van der Waals surface area contributed by atoms with Crippen molar-refractivity contribution in [1.29, 1.82) is 0 Å². The molecule has 5 heteroatoms. The summed E-state index contributed by atoms with van der Waals surface area (Å²) >= 11 is 0. The average molecular weight is 444 g/mol. The molecule has 1 fully saturated rings. The highest BCUT2D eigenvalue weighted by atomic mass is 16.5. The molecule has 1 atom stereocenters. The van der Waals surface area contributed by atoms with Gasteiger partial charge in [-0.2, -0.15) is 0 Å². The van der Waals surface area contributed by atoms with Gasteiger partial charge in [0.25, 0.3) is 0 Å². The van der Waals surface area contributed by atoms with Gasteiger partial charge in [0.2, 0.25) is 5.91 Å². The predicted molar refractivity (Wildman–Crippen MR) is 129 cm³/mol. The van der Waals surface area contributed by atoms with Crippen molar-refractivity contribution < 1.29 is 19.1 Å². The molecule has 1 aliphatic heterocycles. The van der Waals surface area contributed by atoms with E-state index in [-0.39, 0.29) is 23.7 Å². The lowest BCUT2D eigenvalue weighted by molar-refractivity contribution is -0.139. The third kappa shape index (κ3) is 4.92. The minimum absolute atomic E-state index is 0.0823. The predicted octanol–water partition coefficient (Wildman–Crippen LogP) is 5.37. The van der Waals surface area contributed by atoms with Crippen molar-refractivity contribution in [2.75, 3.05) is 18.1 Å². The molecule has 1 aliphatic rings. The van der Waals surface area contributed by atoms with E-state index in [9.17, 15) is 9.59 Å². The van der Waals surface area contributed by atoms with Gasteiger partial charge in [0, 0.05) is 24.1 Å². The zero-order valence-electron chi connectivity index (χ0n) is 19.3. The minimum Gasteiger partial charge on any atom is -0.494 e. The van der Waals surface area contributed by atoms with E-state index < -0.39 is 5.92 Å². The summed E-state index contributed by atoms with van der Waals surface area (Å²) in [7, 11) is 0. The molecule has 3 aromatic rings. The number of ether oxygens (including phenoxy) is 2. The molecule has 1 saturated heterocycles. The molecule has 0 spiro atoms. The number of rotatable bonds is 7. The third-order valence-electron chi connectivity index (χ3n) is 6.21. The van der Waals surface area contributed by atoms with Crippen LogP contribution < -0.4 is 14.4 Å². The van der Waals surface area contributed by atoms with E-state index in [0.29, 0.717) is 18.9 Å². The van der Waals surface area contributed by atoms with Gasteiger partial charge in [-0.05, 0) is 54.4 Å². The van der Waals surface area contributed by atoms with Crippen molar-refractivity contribution >= 4 is 17.6 Å². The quantitative estimate of drug-likeness (QED) is 0.364. The molecule has 3 aromatic carbocycles. The summed E-state index contributed by atoms with van der Waals surface area (Å²) in [6, 6.07) is 25.2. The summed E-state index contributed by atoms with van der Waals surface area (Å²) in [6.07, 6.45) is 0.144. The standard InChI is InChI=1S/C28H29NO4/c1-4-32-24-16-12-23(13-17-24)29-19-20(18-26(29)30)27(31)33-25-14-10-22(11-15-25)28(2,3)21-8-6-5-7-9-21/h5-17,20H,4,18-19H2,1-3H3/t20-/m0/s1. The second-order valence-electron chi connectivity index (χ2n) is 8.77. The first kappa shape index (κ1) is 22.6. The largest absolute Gasteiger partial charge is 0.494 e. The number of hydrogen-bond donors (Lipinski definition) is 0. The summed E-state index contributed by atoms with van der Waals surface area (Å²) in [4.78, 5) is 26.9. The molecule has 33 heavy (non-hydrogen) atoms. The summed E-state index contributed by atoms with van der Waals surface area (Å²) in [5.41, 5.74) is 2.94. The number of amides is 1. The highest BCUT2D eigenvalue weighted by Gasteiger charge is 2.36. The first-order chi connectivity index (χ1) is 15.9. The molecule has 5 nitrogen and oxygen atoms in total. The Hall–Kier alpha value is -3.60. The van der Waals surface area contributed by atoms with Gasteiger partial charge in [0.05, 0.1) is 12.5 Å². The summed E-state index contributed by atoms with van der Waals surface area (Å²) < 4.78 is 11.1. The van der Waals surface area contributed by atoms with Crippen molar-refractivity contribution in [1.82, 2.24) is 0 Å². The average Bonchev–Trinajstić information content (AvgIpc) is 3.22. The fourth-order valence-electron chi connectivity index (χ4n) is 4.16. The van der Waals surface area contributed by atoms with Crippen LogP contribution in [0.25, 0.3) is 0 Å². The third-order valence-corrected chi connectivity index (χ3v) is 6.21. The van der Waals surface area contributed by atoms with Crippen LogP contribution in [0.1, 0.15) is 38.3 Å². The number of nitrogens with zero attached hydrogens (tertiary/aromatic N) is 1. The van der Waals surface area contributed by atoms with Crippen molar-refractivity contribution in [2.45, 2.75) is 32.6 Å². The zero-order valence-corrected chi connectivity index (χ0v) is 19.3. The molecule has 4 rings (SSSR count). The maximum absolute atomic E-state index is 12.8. The highest BCUT2D eigenvalue weighted by molar-refractivity contribution is 5.99. The van der Waals surface area contributed by atoms with Crippen LogP contribution in [-0.4, -0.2) is 25.0 Å². The van der Waals surface area contributed by atoms with Crippen molar-refractivity contribution in [3.63, 3.8) is 0 Å². The van der Waals surface area contributed by atoms with Gasteiger partial charge >= 0.3 is 5.97 Å². The molecule has 0 bridgehead atoms. The number of benzene rings is 3. The molecule has 1 amide bonds. The minimum atomic E-state index is -0.496. The second kappa shape index (κ2) is 9.49. The van der Waals surface area contributed by atoms with Gasteiger partial charge in [0.15, 0.2) is 0 Å². The van der Waals surface area contributed by atoms with E-state index in [1.165, 1.54) is 5.56 Å². The number of anilines is 1. The summed E-state index contributed by atoms with van der Waals surface area (Å²) in [5.74, 6) is 0.278. The highest BCUT2D eigenvalue weighted by Crippen LogP contribution is 2.33. The maximum atomic E-state index is 12.8. The van der Waals surface area contributed by atoms with E-state index in [1.807, 2.05) is 73.7 Å². The number of esters is 1. The van der Waals surface area contributed by atoms with Crippen LogP contribution in [0, 0.1) is 5.92 Å². The Bertz CT molecular complexity index is 1100. The van der Waals surface area contributed by atoms with Crippen molar-refractivity contribution in [3.8, 4) is 11.5 Å². The SMILES string of the molecule is CCOc1ccc(N2C[C@@H](C(=O)Oc3ccc(C(C)(C)c4ccccc4)cc3)CC2=O)cc1. The molecular formula is C28H29NO4. The fourth-order valence-corrected chi connectivity index (χ4v) is 4.16. The monoisotopic (exact) mass is 443 g/mol. The van der Waals surface area contributed by atoms with Gasteiger partial charge in [-0.15, -0.1) is 0 Å². The lowest BCUT2D eigenvalue weighted by Crippen LogP contribution is -2.27. The van der Waals surface area contributed by atoms with Crippen LogP contribution in [0.5, 0.6) is 11.5 Å². The van der Waals surface area contributed by atoms with Gasteiger partial charge < -0.3 is 14.4 Å². The zero-order chi connectivity index (χ0) is 23.4. The van der Waals surface area contributed by atoms with Gasteiger partial charge in [0.1, 0.15) is 11.5 Å². The molecule has 0 saturated carbocycles. The molecule has 0 aliphatic carbocycles. The normalized spacial score (nSPS) is 16.0. The van der Waals surface area contributed by atoms with Crippen LogP contribution in [0.4, 0.5) is 5.69 Å². The first-order valence-corrected chi connectivity index (χ1v) is 11.3. The Morgan fingerprint density at radius 3 is 2.15 bits per heavy atom. The van der Waals surface area contributed by atoms with Gasteiger partial charge in [-0.1, -0.05) is 56.3 Å². The smallest absolute Gasteiger partial charge is 0.316 e. The van der Waals surface area contributed by atoms with Crippen LogP contribution in [0.2, 0.25) is 0 Å². The van der Waals surface area contributed by atoms with E-state index in [2.05, 4.69) is 26.0 Å².